The summed E-state index contributed by atoms with van der Waals surface area (Å²) in [6.07, 6.45) is 3.68. The molecule has 0 aliphatic carbocycles. The predicted octanol–water partition coefficient (Wildman–Crippen LogP) is 1.97. The second kappa shape index (κ2) is 4.94. The third kappa shape index (κ3) is 1.99. The fraction of sp³-hybridized carbons (Fsp3) is 0.308. The maximum atomic E-state index is 9.40. The quantitative estimate of drug-likeness (QED) is 0.786. The number of allylic oxidation sites excluding steroid dienone is 1. The zero-order valence-corrected chi connectivity index (χ0v) is 9.21. The van der Waals surface area contributed by atoms with Crippen LogP contribution in [-0.2, 0) is 4.84 Å². The van der Waals surface area contributed by atoms with Crippen LogP contribution in [0, 0.1) is 5.92 Å². The van der Waals surface area contributed by atoms with E-state index in [9.17, 15) is 5.11 Å². The molecule has 1 aliphatic heterocycles. The minimum atomic E-state index is -0.148. The summed E-state index contributed by atoms with van der Waals surface area (Å²) in [5.74, 6) is -0.0707. The molecule has 1 heterocycles. The molecule has 3 heteroatoms. The van der Waals surface area contributed by atoms with Gasteiger partial charge in [0.1, 0.15) is 0 Å². The minimum absolute atomic E-state index is 0.0444. The van der Waals surface area contributed by atoms with Gasteiger partial charge in [0.05, 0.1) is 18.2 Å². The summed E-state index contributed by atoms with van der Waals surface area (Å²) >= 11 is 0. The Morgan fingerprint density at radius 2 is 2.12 bits per heavy atom. The Bertz CT molecular complexity index is 398. The van der Waals surface area contributed by atoms with Crippen molar-refractivity contribution < 1.29 is 9.94 Å². The molecule has 0 saturated heterocycles. The first-order chi connectivity index (χ1) is 7.86. The second-order valence-corrected chi connectivity index (χ2v) is 3.73. The van der Waals surface area contributed by atoms with E-state index in [1.807, 2.05) is 49.4 Å². The molecule has 1 aromatic rings. The molecule has 0 fully saturated rings. The fourth-order valence-electron chi connectivity index (χ4n) is 1.84. The highest BCUT2D eigenvalue weighted by molar-refractivity contribution is 6.03. The van der Waals surface area contributed by atoms with Gasteiger partial charge < -0.3 is 9.94 Å². The Hall–Kier alpha value is -1.61. The van der Waals surface area contributed by atoms with Gasteiger partial charge in [-0.2, -0.15) is 0 Å². The van der Waals surface area contributed by atoms with Gasteiger partial charge in [-0.05, 0) is 18.6 Å². The summed E-state index contributed by atoms with van der Waals surface area (Å²) in [6.45, 7) is 1.97. The Labute approximate surface area is 95.0 Å². The van der Waals surface area contributed by atoms with Crippen LogP contribution >= 0.6 is 0 Å². The summed E-state index contributed by atoms with van der Waals surface area (Å²) in [6, 6.07) is 9.81. The predicted molar refractivity (Wildman–Crippen MR) is 63.2 cm³/mol. The molecule has 84 valence electrons. The van der Waals surface area contributed by atoms with Gasteiger partial charge in [-0.25, -0.2) is 0 Å². The molecule has 1 N–H and O–H groups in total. The first-order valence-corrected chi connectivity index (χ1v) is 5.39. The molecular weight excluding hydrogens is 202 g/mol. The molecule has 2 atom stereocenters. The molecule has 0 unspecified atom stereocenters. The number of rotatable bonds is 3. The lowest BCUT2D eigenvalue weighted by Gasteiger charge is -2.12. The van der Waals surface area contributed by atoms with Crippen molar-refractivity contribution in [2.24, 2.45) is 11.1 Å². The third-order valence-electron chi connectivity index (χ3n) is 2.67. The number of benzene rings is 1. The van der Waals surface area contributed by atoms with Gasteiger partial charge in [0.2, 0.25) is 0 Å². The van der Waals surface area contributed by atoms with Gasteiger partial charge in [0.25, 0.3) is 0 Å². The standard InChI is InChI=1S/C13H15NO2/c1-2-6-12-11(9-15)13(14-16-12)10-7-4-3-5-8-10/h2-8,11-12,15H,9H2,1H3/b6-2+/t11-,12-/m0/s1. The number of aliphatic hydroxyl groups excluding tert-OH is 1. The summed E-state index contributed by atoms with van der Waals surface area (Å²) in [5.41, 5.74) is 1.83. The molecule has 0 amide bonds. The molecule has 0 bridgehead atoms. The number of oxime groups is 1. The van der Waals surface area contributed by atoms with Crippen LogP contribution in [0.25, 0.3) is 0 Å². The second-order valence-electron chi connectivity index (χ2n) is 3.73. The van der Waals surface area contributed by atoms with E-state index in [2.05, 4.69) is 5.16 Å². The fourth-order valence-corrected chi connectivity index (χ4v) is 1.84. The maximum Gasteiger partial charge on any atom is 0.156 e. The number of nitrogens with zero attached hydrogens (tertiary/aromatic N) is 1. The van der Waals surface area contributed by atoms with Gasteiger partial charge >= 0.3 is 0 Å². The van der Waals surface area contributed by atoms with Crippen LogP contribution in [-0.4, -0.2) is 23.5 Å². The van der Waals surface area contributed by atoms with Gasteiger partial charge in [-0.3, -0.25) is 0 Å². The lowest BCUT2D eigenvalue weighted by atomic mass is 9.93. The lowest BCUT2D eigenvalue weighted by molar-refractivity contribution is 0.0791. The van der Waals surface area contributed by atoms with E-state index in [0.29, 0.717) is 0 Å². The summed E-state index contributed by atoms with van der Waals surface area (Å²) in [5, 5.41) is 13.5. The number of aliphatic hydroxyl groups is 1. The highest BCUT2D eigenvalue weighted by Crippen LogP contribution is 2.23. The molecule has 1 aromatic carbocycles. The van der Waals surface area contributed by atoms with Crippen molar-refractivity contribution in [2.45, 2.75) is 13.0 Å². The molecule has 0 radical (unpaired) electrons. The van der Waals surface area contributed by atoms with Crippen LogP contribution in [0.3, 0.4) is 0 Å². The zero-order valence-electron chi connectivity index (χ0n) is 9.21. The number of hydrogen-bond acceptors (Lipinski definition) is 3. The summed E-state index contributed by atoms with van der Waals surface area (Å²) in [4.78, 5) is 5.31. The molecule has 0 aromatic heterocycles. The van der Waals surface area contributed by atoms with Gasteiger partial charge in [0, 0.05) is 0 Å². The monoisotopic (exact) mass is 217 g/mol. The van der Waals surface area contributed by atoms with Gasteiger partial charge in [-0.1, -0.05) is 41.6 Å². The minimum Gasteiger partial charge on any atom is -0.396 e. The lowest BCUT2D eigenvalue weighted by Crippen LogP contribution is -2.25. The third-order valence-corrected chi connectivity index (χ3v) is 2.67. The van der Waals surface area contributed by atoms with E-state index in [1.54, 1.807) is 0 Å². The largest absolute Gasteiger partial charge is 0.396 e. The van der Waals surface area contributed by atoms with Crippen molar-refractivity contribution >= 4 is 5.71 Å². The van der Waals surface area contributed by atoms with Crippen molar-refractivity contribution in [1.29, 1.82) is 0 Å². The van der Waals surface area contributed by atoms with Gasteiger partial charge in [0.15, 0.2) is 6.10 Å². The molecule has 2 rings (SSSR count). The number of hydrogen-bond donors (Lipinski definition) is 1. The Kier molecular flexibility index (Phi) is 3.37. The van der Waals surface area contributed by atoms with Crippen molar-refractivity contribution in [3.05, 3.63) is 48.0 Å². The van der Waals surface area contributed by atoms with Crippen LogP contribution in [0.1, 0.15) is 12.5 Å². The summed E-state index contributed by atoms with van der Waals surface area (Å²) in [7, 11) is 0. The van der Waals surface area contributed by atoms with Crippen LogP contribution in [0.5, 0.6) is 0 Å². The normalized spacial score (nSPS) is 24.5. The van der Waals surface area contributed by atoms with Gasteiger partial charge in [-0.15, -0.1) is 0 Å². The molecular formula is C13H15NO2. The first kappa shape index (κ1) is 10.9. The van der Waals surface area contributed by atoms with Crippen molar-refractivity contribution in [2.75, 3.05) is 6.61 Å². The van der Waals surface area contributed by atoms with E-state index >= 15 is 0 Å². The average Bonchev–Trinajstić information content (AvgIpc) is 2.73. The van der Waals surface area contributed by atoms with E-state index in [4.69, 9.17) is 4.84 Å². The van der Waals surface area contributed by atoms with Crippen LogP contribution in [0.4, 0.5) is 0 Å². The summed E-state index contributed by atoms with van der Waals surface area (Å²) < 4.78 is 0. The highest BCUT2D eigenvalue weighted by Gasteiger charge is 2.32. The molecule has 16 heavy (non-hydrogen) atoms. The Balaban J connectivity index is 2.24. The van der Waals surface area contributed by atoms with Crippen molar-refractivity contribution in [3.8, 4) is 0 Å². The smallest absolute Gasteiger partial charge is 0.156 e. The Morgan fingerprint density at radius 3 is 2.75 bits per heavy atom. The SMILES string of the molecule is C/C=C/[C@@H]1ON=C(c2ccccc2)[C@H]1CO. The van der Waals surface area contributed by atoms with E-state index in [0.717, 1.165) is 11.3 Å². The van der Waals surface area contributed by atoms with E-state index < -0.39 is 0 Å². The van der Waals surface area contributed by atoms with E-state index in [-0.39, 0.29) is 18.6 Å². The Morgan fingerprint density at radius 1 is 1.38 bits per heavy atom. The van der Waals surface area contributed by atoms with Crippen LogP contribution < -0.4 is 0 Å². The topological polar surface area (TPSA) is 41.8 Å². The zero-order chi connectivity index (χ0) is 11.4. The van der Waals surface area contributed by atoms with Crippen molar-refractivity contribution in [1.82, 2.24) is 0 Å². The molecule has 0 saturated carbocycles. The van der Waals surface area contributed by atoms with Crippen LogP contribution in [0.15, 0.2) is 47.6 Å². The molecule has 3 nitrogen and oxygen atoms in total. The average molecular weight is 217 g/mol. The molecule has 0 spiro atoms. The van der Waals surface area contributed by atoms with Crippen molar-refractivity contribution in [3.63, 3.8) is 0 Å². The molecule has 1 aliphatic rings. The first-order valence-electron chi connectivity index (χ1n) is 5.39. The van der Waals surface area contributed by atoms with Crippen LogP contribution in [0.2, 0.25) is 0 Å². The highest BCUT2D eigenvalue weighted by atomic mass is 16.6. The maximum absolute atomic E-state index is 9.40. The van der Waals surface area contributed by atoms with E-state index in [1.165, 1.54) is 0 Å².